The van der Waals surface area contributed by atoms with Crippen LogP contribution in [0.25, 0.3) is 0 Å². The molecular weight excluding hydrogens is 226 g/mol. The van der Waals surface area contributed by atoms with Crippen molar-refractivity contribution in [3.63, 3.8) is 0 Å². The van der Waals surface area contributed by atoms with Crippen molar-refractivity contribution in [2.45, 2.75) is 19.4 Å². The van der Waals surface area contributed by atoms with Crippen LogP contribution in [0.5, 0.6) is 0 Å². The molecule has 18 heavy (non-hydrogen) atoms. The molecule has 1 N–H and O–H groups in total. The molecule has 94 valence electrons. The molecule has 0 atom stereocenters. The summed E-state index contributed by atoms with van der Waals surface area (Å²) in [5.74, 6) is 0.00429. The molecule has 0 aliphatic carbocycles. The van der Waals surface area contributed by atoms with Gasteiger partial charge in [0.05, 0.1) is 19.0 Å². The second-order valence-electron chi connectivity index (χ2n) is 4.49. The lowest BCUT2D eigenvalue weighted by molar-refractivity contribution is -0.122. The molecule has 1 aromatic carbocycles. The van der Waals surface area contributed by atoms with Crippen molar-refractivity contribution in [1.29, 1.82) is 5.26 Å². The lowest BCUT2D eigenvalue weighted by Gasteiger charge is -2.27. The van der Waals surface area contributed by atoms with E-state index in [1.165, 1.54) is 11.1 Å². The lowest BCUT2D eigenvalue weighted by atomic mass is 10.00. The molecule has 0 saturated carbocycles. The standard InChI is InChI=1S/C14H17N3O/c15-7-3-8-16-14(18)11-17-9-6-12-4-1-2-5-13(12)10-17/h1-2,4-5H,3,6,8-11H2,(H,16,18). The van der Waals surface area contributed by atoms with Crippen molar-refractivity contribution in [2.24, 2.45) is 0 Å². The Morgan fingerprint density at radius 1 is 1.39 bits per heavy atom. The molecule has 0 spiro atoms. The summed E-state index contributed by atoms with van der Waals surface area (Å²) < 4.78 is 0. The van der Waals surface area contributed by atoms with Gasteiger partial charge in [-0.05, 0) is 17.5 Å². The number of nitrogens with one attached hydrogen (secondary N) is 1. The van der Waals surface area contributed by atoms with Gasteiger partial charge in [0.2, 0.25) is 5.91 Å². The van der Waals surface area contributed by atoms with Crippen LogP contribution in [0.4, 0.5) is 0 Å². The molecule has 0 aromatic heterocycles. The Hall–Kier alpha value is -1.86. The number of nitriles is 1. The first-order valence-corrected chi connectivity index (χ1v) is 6.22. The lowest BCUT2D eigenvalue weighted by Crippen LogP contribution is -2.40. The van der Waals surface area contributed by atoms with Gasteiger partial charge in [-0.25, -0.2) is 0 Å². The largest absolute Gasteiger partial charge is 0.354 e. The van der Waals surface area contributed by atoms with Crippen molar-refractivity contribution in [3.05, 3.63) is 35.4 Å². The fourth-order valence-corrected chi connectivity index (χ4v) is 2.21. The second kappa shape index (κ2) is 6.18. The predicted octanol–water partition coefficient (Wildman–Crippen LogP) is 1.07. The van der Waals surface area contributed by atoms with E-state index < -0.39 is 0 Å². The number of hydrogen-bond donors (Lipinski definition) is 1. The first-order valence-electron chi connectivity index (χ1n) is 6.22. The van der Waals surface area contributed by atoms with Crippen LogP contribution >= 0.6 is 0 Å². The summed E-state index contributed by atoms with van der Waals surface area (Å²) in [6.45, 7) is 2.62. The Morgan fingerprint density at radius 3 is 2.94 bits per heavy atom. The number of fused-ring (bicyclic) bond motifs is 1. The van der Waals surface area contributed by atoms with E-state index in [2.05, 4.69) is 28.4 Å². The molecule has 0 unspecified atom stereocenters. The Kier molecular flexibility index (Phi) is 4.32. The van der Waals surface area contributed by atoms with Crippen LogP contribution in [-0.4, -0.2) is 30.4 Å². The molecule has 2 rings (SSSR count). The zero-order valence-corrected chi connectivity index (χ0v) is 10.4. The van der Waals surface area contributed by atoms with Gasteiger partial charge in [-0.1, -0.05) is 24.3 Å². The summed E-state index contributed by atoms with van der Waals surface area (Å²) in [5.41, 5.74) is 2.70. The molecule has 1 aliphatic heterocycles. The maximum absolute atomic E-state index is 11.6. The number of rotatable bonds is 4. The molecular formula is C14H17N3O. The molecule has 0 saturated heterocycles. The van der Waals surface area contributed by atoms with Crippen LogP contribution < -0.4 is 5.32 Å². The molecule has 0 bridgehead atoms. The number of nitrogens with zero attached hydrogens (tertiary/aromatic N) is 2. The van der Waals surface area contributed by atoms with E-state index in [0.29, 0.717) is 19.5 Å². The second-order valence-corrected chi connectivity index (χ2v) is 4.49. The van der Waals surface area contributed by atoms with E-state index in [1.54, 1.807) is 0 Å². The Labute approximate surface area is 107 Å². The molecule has 4 nitrogen and oxygen atoms in total. The van der Waals surface area contributed by atoms with E-state index in [0.717, 1.165) is 19.5 Å². The van der Waals surface area contributed by atoms with E-state index in [1.807, 2.05) is 12.1 Å². The highest BCUT2D eigenvalue weighted by molar-refractivity contribution is 5.78. The van der Waals surface area contributed by atoms with Gasteiger partial charge in [-0.2, -0.15) is 5.26 Å². The Balaban J connectivity index is 1.83. The Morgan fingerprint density at radius 2 is 2.17 bits per heavy atom. The van der Waals surface area contributed by atoms with Gasteiger partial charge in [0.1, 0.15) is 0 Å². The highest BCUT2D eigenvalue weighted by Crippen LogP contribution is 2.17. The number of benzene rings is 1. The maximum Gasteiger partial charge on any atom is 0.234 e. The van der Waals surface area contributed by atoms with Crippen molar-refractivity contribution in [2.75, 3.05) is 19.6 Å². The monoisotopic (exact) mass is 243 g/mol. The highest BCUT2D eigenvalue weighted by Gasteiger charge is 2.17. The van der Waals surface area contributed by atoms with Crippen molar-refractivity contribution < 1.29 is 4.79 Å². The van der Waals surface area contributed by atoms with Gasteiger partial charge >= 0.3 is 0 Å². The fourth-order valence-electron chi connectivity index (χ4n) is 2.21. The normalized spacial score (nSPS) is 14.6. The van der Waals surface area contributed by atoms with Gasteiger partial charge < -0.3 is 5.32 Å². The molecule has 1 amide bonds. The average Bonchev–Trinajstić information content (AvgIpc) is 2.39. The first-order chi connectivity index (χ1) is 8.79. The molecule has 0 radical (unpaired) electrons. The molecule has 4 heteroatoms. The number of carbonyl (C=O) groups excluding carboxylic acids is 1. The van der Waals surface area contributed by atoms with Gasteiger partial charge in [-0.15, -0.1) is 0 Å². The topological polar surface area (TPSA) is 56.1 Å². The summed E-state index contributed by atoms with van der Waals surface area (Å²) in [5, 5.41) is 11.1. The van der Waals surface area contributed by atoms with Crippen LogP contribution in [0.3, 0.4) is 0 Å². The van der Waals surface area contributed by atoms with Crippen molar-refractivity contribution >= 4 is 5.91 Å². The van der Waals surface area contributed by atoms with E-state index in [-0.39, 0.29) is 5.91 Å². The number of amides is 1. The van der Waals surface area contributed by atoms with Crippen LogP contribution in [0.1, 0.15) is 17.5 Å². The molecule has 1 heterocycles. The van der Waals surface area contributed by atoms with Gasteiger partial charge in [0.15, 0.2) is 0 Å². The third-order valence-electron chi connectivity index (χ3n) is 3.14. The SMILES string of the molecule is N#CCCNC(=O)CN1CCc2ccccc2C1. The van der Waals surface area contributed by atoms with Crippen molar-refractivity contribution in [3.8, 4) is 6.07 Å². The van der Waals surface area contributed by atoms with Crippen LogP contribution in [-0.2, 0) is 17.8 Å². The number of carbonyl (C=O) groups is 1. The summed E-state index contributed by atoms with van der Waals surface area (Å²) in [6, 6.07) is 10.4. The quantitative estimate of drug-likeness (QED) is 0.805. The molecule has 1 aliphatic rings. The van der Waals surface area contributed by atoms with Gasteiger partial charge in [-0.3, -0.25) is 9.69 Å². The van der Waals surface area contributed by atoms with Gasteiger partial charge in [0.25, 0.3) is 0 Å². The fraction of sp³-hybridized carbons (Fsp3) is 0.429. The van der Waals surface area contributed by atoms with E-state index in [9.17, 15) is 4.79 Å². The first kappa shape index (κ1) is 12.6. The Bertz CT molecular complexity index is 464. The summed E-state index contributed by atoms with van der Waals surface area (Å²) in [4.78, 5) is 13.8. The van der Waals surface area contributed by atoms with E-state index in [4.69, 9.17) is 5.26 Å². The predicted molar refractivity (Wildman–Crippen MR) is 68.7 cm³/mol. The maximum atomic E-state index is 11.6. The molecule has 0 fully saturated rings. The van der Waals surface area contributed by atoms with Crippen LogP contribution in [0.15, 0.2) is 24.3 Å². The summed E-state index contributed by atoms with van der Waals surface area (Å²) in [7, 11) is 0. The van der Waals surface area contributed by atoms with Gasteiger partial charge in [0, 0.05) is 19.6 Å². The molecule has 1 aromatic rings. The van der Waals surface area contributed by atoms with E-state index >= 15 is 0 Å². The van der Waals surface area contributed by atoms with Crippen molar-refractivity contribution in [1.82, 2.24) is 10.2 Å². The highest BCUT2D eigenvalue weighted by atomic mass is 16.2. The summed E-state index contributed by atoms with van der Waals surface area (Å²) in [6.07, 6.45) is 1.37. The third-order valence-corrected chi connectivity index (χ3v) is 3.14. The average molecular weight is 243 g/mol. The van der Waals surface area contributed by atoms with Crippen LogP contribution in [0, 0.1) is 11.3 Å². The number of hydrogen-bond acceptors (Lipinski definition) is 3. The minimum Gasteiger partial charge on any atom is -0.354 e. The summed E-state index contributed by atoms with van der Waals surface area (Å²) >= 11 is 0. The van der Waals surface area contributed by atoms with Crippen LogP contribution in [0.2, 0.25) is 0 Å². The minimum atomic E-state index is 0.00429. The third kappa shape index (κ3) is 3.31. The zero-order chi connectivity index (χ0) is 12.8. The minimum absolute atomic E-state index is 0.00429. The smallest absolute Gasteiger partial charge is 0.234 e. The zero-order valence-electron chi connectivity index (χ0n) is 10.4.